The molecule has 2 nitrogen and oxygen atoms in total. The van der Waals surface area contributed by atoms with E-state index in [1.54, 1.807) is 0 Å². The number of nitriles is 1. The fourth-order valence-corrected chi connectivity index (χ4v) is 4.76. The molecule has 0 bridgehead atoms. The first-order chi connectivity index (χ1) is 14.4. The summed E-state index contributed by atoms with van der Waals surface area (Å²) in [6, 6.07) is 17.2. The van der Waals surface area contributed by atoms with E-state index in [9.17, 15) is 14.0 Å². The predicted octanol–water partition coefficient (Wildman–Crippen LogP) is 6.61. The van der Waals surface area contributed by atoms with Gasteiger partial charge in [-0.15, -0.1) is 0 Å². The lowest BCUT2D eigenvalue weighted by Gasteiger charge is -2.37. The van der Waals surface area contributed by atoms with Gasteiger partial charge in [-0.3, -0.25) is 4.90 Å². The monoisotopic (exact) mass is 410 g/mol. The second-order valence-corrected chi connectivity index (χ2v) is 8.81. The SMILES string of the molecule is CCC(CCC(C#N)(c1c(F)cccc1F)C1CC1)N(Cc1ccccc1)C(C)C. The smallest absolute Gasteiger partial charge is 0.130 e. The van der Waals surface area contributed by atoms with E-state index in [1.807, 2.05) is 18.2 Å². The van der Waals surface area contributed by atoms with Crippen LogP contribution in [0, 0.1) is 28.9 Å². The molecule has 30 heavy (non-hydrogen) atoms. The molecule has 4 heteroatoms. The Morgan fingerprint density at radius 1 is 1.07 bits per heavy atom. The minimum atomic E-state index is -1.09. The lowest BCUT2D eigenvalue weighted by molar-refractivity contribution is 0.124. The van der Waals surface area contributed by atoms with Crippen molar-refractivity contribution in [3.05, 3.63) is 71.3 Å². The van der Waals surface area contributed by atoms with Gasteiger partial charge in [-0.25, -0.2) is 8.78 Å². The van der Waals surface area contributed by atoms with Gasteiger partial charge in [0, 0.05) is 24.2 Å². The quantitative estimate of drug-likeness (QED) is 0.441. The summed E-state index contributed by atoms with van der Waals surface area (Å²) in [4.78, 5) is 2.45. The van der Waals surface area contributed by atoms with E-state index >= 15 is 0 Å². The number of halogens is 2. The fourth-order valence-electron chi connectivity index (χ4n) is 4.76. The highest BCUT2D eigenvalue weighted by Crippen LogP contribution is 2.51. The number of nitrogens with zero attached hydrogens (tertiary/aromatic N) is 2. The molecule has 1 fully saturated rings. The van der Waals surface area contributed by atoms with Crippen molar-refractivity contribution in [2.75, 3.05) is 0 Å². The number of rotatable bonds is 10. The molecular weight excluding hydrogens is 378 g/mol. The molecule has 0 spiro atoms. The van der Waals surface area contributed by atoms with Gasteiger partial charge < -0.3 is 0 Å². The second kappa shape index (κ2) is 9.71. The van der Waals surface area contributed by atoms with Crippen molar-refractivity contribution in [3.8, 4) is 6.07 Å². The van der Waals surface area contributed by atoms with Gasteiger partial charge in [0.25, 0.3) is 0 Å². The zero-order chi connectivity index (χ0) is 21.7. The molecule has 0 heterocycles. The lowest BCUT2D eigenvalue weighted by atomic mass is 9.72. The number of hydrogen-bond donors (Lipinski definition) is 0. The van der Waals surface area contributed by atoms with Gasteiger partial charge in [-0.2, -0.15) is 5.26 Å². The number of hydrogen-bond acceptors (Lipinski definition) is 2. The maximum Gasteiger partial charge on any atom is 0.130 e. The van der Waals surface area contributed by atoms with Crippen LogP contribution >= 0.6 is 0 Å². The zero-order valence-electron chi connectivity index (χ0n) is 18.2. The summed E-state index contributed by atoms with van der Waals surface area (Å²) < 4.78 is 29.4. The average molecular weight is 411 g/mol. The van der Waals surface area contributed by atoms with E-state index < -0.39 is 17.0 Å². The van der Waals surface area contributed by atoms with Crippen molar-refractivity contribution in [2.45, 2.75) is 76.9 Å². The van der Waals surface area contributed by atoms with E-state index in [0.717, 1.165) is 32.2 Å². The van der Waals surface area contributed by atoms with Gasteiger partial charge in [0.15, 0.2) is 0 Å². The van der Waals surface area contributed by atoms with E-state index in [1.165, 1.54) is 23.8 Å². The molecule has 2 aromatic rings. The molecule has 0 saturated heterocycles. The molecule has 0 aliphatic heterocycles. The van der Waals surface area contributed by atoms with Crippen LogP contribution in [0.3, 0.4) is 0 Å². The zero-order valence-corrected chi connectivity index (χ0v) is 18.2. The summed E-state index contributed by atoms with van der Waals surface area (Å²) in [5.41, 5.74) is 0.140. The Hall–Kier alpha value is -2.25. The van der Waals surface area contributed by atoms with Crippen LogP contribution in [0.5, 0.6) is 0 Å². The molecular formula is C26H32F2N2. The van der Waals surface area contributed by atoms with Crippen molar-refractivity contribution in [1.29, 1.82) is 5.26 Å². The molecule has 0 aromatic heterocycles. The summed E-state index contributed by atoms with van der Waals surface area (Å²) in [5.74, 6) is -1.16. The first-order valence-corrected chi connectivity index (χ1v) is 11.1. The molecule has 1 aliphatic rings. The molecule has 0 N–H and O–H groups in total. The van der Waals surface area contributed by atoms with Crippen LogP contribution in [0.1, 0.15) is 64.0 Å². The van der Waals surface area contributed by atoms with Crippen molar-refractivity contribution in [3.63, 3.8) is 0 Å². The molecule has 1 saturated carbocycles. The average Bonchev–Trinajstić information content (AvgIpc) is 3.58. The Morgan fingerprint density at radius 3 is 2.20 bits per heavy atom. The molecule has 0 amide bonds. The fraction of sp³-hybridized carbons (Fsp3) is 0.500. The highest BCUT2D eigenvalue weighted by atomic mass is 19.1. The second-order valence-electron chi connectivity index (χ2n) is 8.81. The van der Waals surface area contributed by atoms with Crippen molar-refractivity contribution >= 4 is 0 Å². The summed E-state index contributed by atoms with van der Waals surface area (Å²) in [5, 5.41) is 10.2. The van der Waals surface area contributed by atoms with Gasteiger partial charge in [0.2, 0.25) is 0 Å². The van der Waals surface area contributed by atoms with Gasteiger partial charge >= 0.3 is 0 Å². The molecule has 3 rings (SSSR count). The van der Waals surface area contributed by atoms with Gasteiger partial charge in [0.05, 0.1) is 11.5 Å². The lowest BCUT2D eigenvalue weighted by Crippen LogP contribution is -2.41. The number of benzene rings is 2. The highest BCUT2D eigenvalue weighted by molar-refractivity contribution is 5.38. The summed E-state index contributed by atoms with van der Waals surface area (Å²) in [6.07, 6.45) is 3.85. The van der Waals surface area contributed by atoms with Gasteiger partial charge in [-0.1, -0.05) is 43.3 Å². The van der Waals surface area contributed by atoms with Gasteiger partial charge in [0.1, 0.15) is 11.6 Å². The topological polar surface area (TPSA) is 27.0 Å². The Bertz CT molecular complexity index is 850. The first kappa shape index (κ1) is 22.4. The minimum absolute atomic E-state index is 0.0241. The summed E-state index contributed by atoms with van der Waals surface area (Å²) in [7, 11) is 0. The van der Waals surface area contributed by atoms with Crippen molar-refractivity contribution in [1.82, 2.24) is 4.90 Å². The van der Waals surface area contributed by atoms with Crippen LogP contribution in [0.2, 0.25) is 0 Å². The molecule has 160 valence electrons. The van der Waals surface area contributed by atoms with Crippen LogP contribution in [-0.2, 0) is 12.0 Å². The van der Waals surface area contributed by atoms with E-state index in [4.69, 9.17) is 0 Å². The molecule has 1 aliphatic carbocycles. The Labute approximate surface area is 179 Å². The molecule has 2 atom stereocenters. The standard InChI is InChI=1S/C26H32F2N2/c1-4-22(30(19(2)3)17-20-9-6-5-7-10-20)15-16-26(18-29,21-13-14-21)25-23(27)11-8-12-24(25)28/h5-12,19,21-22H,4,13-17H2,1-3H3. The molecule has 2 aromatic carbocycles. The van der Waals surface area contributed by atoms with Gasteiger partial charge in [-0.05, 0) is 69.6 Å². The van der Waals surface area contributed by atoms with Crippen LogP contribution in [0.25, 0.3) is 0 Å². The third kappa shape index (κ3) is 4.73. The molecule has 2 unspecified atom stereocenters. The first-order valence-electron chi connectivity index (χ1n) is 11.1. The van der Waals surface area contributed by atoms with Crippen LogP contribution in [0.15, 0.2) is 48.5 Å². The van der Waals surface area contributed by atoms with E-state index in [0.29, 0.717) is 12.5 Å². The highest BCUT2D eigenvalue weighted by Gasteiger charge is 2.49. The normalized spacial score (nSPS) is 17.0. The van der Waals surface area contributed by atoms with Crippen LogP contribution in [0.4, 0.5) is 8.78 Å². The third-order valence-corrected chi connectivity index (χ3v) is 6.57. The summed E-state index contributed by atoms with van der Waals surface area (Å²) in [6.45, 7) is 7.34. The van der Waals surface area contributed by atoms with Crippen molar-refractivity contribution < 1.29 is 8.78 Å². The van der Waals surface area contributed by atoms with Crippen LogP contribution < -0.4 is 0 Å². The van der Waals surface area contributed by atoms with E-state index in [2.05, 4.69) is 43.9 Å². The summed E-state index contributed by atoms with van der Waals surface area (Å²) >= 11 is 0. The maximum absolute atomic E-state index is 14.7. The maximum atomic E-state index is 14.7. The van der Waals surface area contributed by atoms with Crippen LogP contribution in [-0.4, -0.2) is 17.0 Å². The predicted molar refractivity (Wildman–Crippen MR) is 117 cm³/mol. The Balaban J connectivity index is 1.85. The Kier molecular flexibility index (Phi) is 7.26. The Morgan fingerprint density at radius 2 is 1.70 bits per heavy atom. The van der Waals surface area contributed by atoms with Crippen molar-refractivity contribution in [2.24, 2.45) is 5.92 Å². The largest absolute Gasteiger partial charge is 0.294 e. The molecule has 0 radical (unpaired) electrons. The third-order valence-electron chi connectivity index (χ3n) is 6.57. The van der Waals surface area contributed by atoms with E-state index in [-0.39, 0.29) is 17.5 Å². The minimum Gasteiger partial charge on any atom is -0.294 e.